The molecular formula is C21H24ClN3O4. The van der Waals surface area contributed by atoms with Crippen LogP contribution in [-0.4, -0.2) is 39.1 Å². The Balaban J connectivity index is 1.95. The van der Waals surface area contributed by atoms with Gasteiger partial charge in [-0.25, -0.2) is 0 Å². The monoisotopic (exact) mass is 417 g/mol. The standard InChI is InChI=1S/C21H24ClN3O4/c1-13(26)23-17-11-14(12-18(28-2)20(17)29-3)21(27)24-16-8-6-7-15(22)19(16)25-9-4-5-10-25/h6-8,11-12H,4-5,9-10H2,1-3H3,(H,23,26)(H,24,27). The van der Waals surface area contributed by atoms with Crippen LogP contribution in [0.15, 0.2) is 30.3 Å². The van der Waals surface area contributed by atoms with E-state index < -0.39 is 0 Å². The van der Waals surface area contributed by atoms with Gasteiger partial charge in [0, 0.05) is 25.6 Å². The Morgan fingerprint density at radius 1 is 1.03 bits per heavy atom. The lowest BCUT2D eigenvalue weighted by Crippen LogP contribution is -2.21. The Morgan fingerprint density at radius 2 is 1.76 bits per heavy atom. The summed E-state index contributed by atoms with van der Waals surface area (Å²) in [5, 5.41) is 6.20. The molecule has 1 heterocycles. The zero-order chi connectivity index (χ0) is 21.0. The molecule has 3 rings (SSSR count). The lowest BCUT2D eigenvalue weighted by Gasteiger charge is -2.23. The second-order valence-electron chi connectivity index (χ2n) is 6.72. The third-order valence-electron chi connectivity index (χ3n) is 4.71. The molecule has 2 aromatic rings. The van der Waals surface area contributed by atoms with Crippen LogP contribution in [0, 0.1) is 0 Å². The number of amides is 2. The number of ether oxygens (including phenoxy) is 2. The lowest BCUT2D eigenvalue weighted by molar-refractivity contribution is -0.114. The van der Waals surface area contributed by atoms with E-state index in [2.05, 4.69) is 15.5 Å². The van der Waals surface area contributed by atoms with Crippen LogP contribution >= 0.6 is 11.6 Å². The van der Waals surface area contributed by atoms with Crippen molar-refractivity contribution in [2.75, 3.05) is 42.8 Å². The lowest BCUT2D eigenvalue weighted by atomic mass is 10.1. The number of carbonyl (C=O) groups is 2. The molecule has 1 fully saturated rings. The molecule has 8 heteroatoms. The Hall–Kier alpha value is -2.93. The minimum absolute atomic E-state index is 0.283. The Labute approximate surface area is 174 Å². The summed E-state index contributed by atoms with van der Waals surface area (Å²) in [7, 11) is 2.94. The van der Waals surface area contributed by atoms with E-state index in [9.17, 15) is 9.59 Å². The van der Waals surface area contributed by atoms with Crippen molar-refractivity contribution < 1.29 is 19.1 Å². The molecule has 0 aliphatic carbocycles. The first-order valence-corrected chi connectivity index (χ1v) is 9.70. The summed E-state index contributed by atoms with van der Waals surface area (Å²) in [6.45, 7) is 3.18. The zero-order valence-electron chi connectivity index (χ0n) is 16.7. The van der Waals surface area contributed by atoms with Crippen molar-refractivity contribution in [1.82, 2.24) is 0 Å². The molecule has 0 bridgehead atoms. The van der Waals surface area contributed by atoms with E-state index in [1.54, 1.807) is 18.2 Å². The quantitative estimate of drug-likeness (QED) is 0.737. The van der Waals surface area contributed by atoms with Gasteiger partial charge in [-0.05, 0) is 37.1 Å². The SMILES string of the molecule is COc1cc(C(=O)Nc2cccc(Cl)c2N2CCCC2)cc(NC(C)=O)c1OC. The minimum Gasteiger partial charge on any atom is -0.493 e. The highest BCUT2D eigenvalue weighted by atomic mass is 35.5. The fourth-order valence-electron chi connectivity index (χ4n) is 3.45. The first kappa shape index (κ1) is 20.8. The molecule has 7 nitrogen and oxygen atoms in total. The van der Waals surface area contributed by atoms with Crippen LogP contribution in [0.5, 0.6) is 11.5 Å². The fourth-order valence-corrected chi connectivity index (χ4v) is 3.74. The molecule has 29 heavy (non-hydrogen) atoms. The summed E-state index contributed by atoms with van der Waals surface area (Å²) in [5.74, 6) is 0.0591. The van der Waals surface area contributed by atoms with Gasteiger partial charge in [0.05, 0.1) is 36.3 Å². The molecule has 0 unspecified atom stereocenters. The molecule has 2 aromatic carbocycles. The van der Waals surface area contributed by atoms with Crippen molar-refractivity contribution in [3.63, 3.8) is 0 Å². The van der Waals surface area contributed by atoms with E-state index >= 15 is 0 Å². The first-order valence-electron chi connectivity index (χ1n) is 9.33. The topological polar surface area (TPSA) is 79.9 Å². The average Bonchev–Trinajstić information content (AvgIpc) is 3.21. The van der Waals surface area contributed by atoms with Gasteiger partial charge in [-0.15, -0.1) is 0 Å². The second kappa shape index (κ2) is 9.05. The van der Waals surface area contributed by atoms with Crippen LogP contribution in [0.4, 0.5) is 17.1 Å². The largest absolute Gasteiger partial charge is 0.493 e. The maximum Gasteiger partial charge on any atom is 0.255 e. The molecule has 0 spiro atoms. The van der Waals surface area contributed by atoms with E-state index in [4.69, 9.17) is 21.1 Å². The number of para-hydroxylation sites is 1. The molecule has 2 amide bonds. The van der Waals surface area contributed by atoms with E-state index in [0.717, 1.165) is 31.6 Å². The van der Waals surface area contributed by atoms with E-state index in [-0.39, 0.29) is 11.8 Å². The Morgan fingerprint density at radius 3 is 2.38 bits per heavy atom. The van der Waals surface area contributed by atoms with Crippen LogP contribution in [0.25, 0.3) is 0 Å². The van der Waals surface area contributed by atoms with Gasteiger partial charge in [-0.1, -0.05) is 17.7 Å². The van der Waals surface area contributed by atoms with Gasteiger partial charge in [-0.2, -0.15) is 0 Å². The minimum atomic E-state index is -0.347. The van der Waals surface area contributed by atoms with Gasteiger partial charge in [0.25, 0.3) is 5.91 Å². The summed E-state index contributed by atoms with van der Waals surface area (Å²) >= 11 is 6.43. The molecule has 0 radical (unpaired) electrons. The molecule has 2 N–H and O–H groups in total. The summed E-state index contributed by atoms with van der Waals surface area (Å²) < 4.78 is 10.7. The van der Waals surface area contributed by atoms with Crippen LogP contribution < -0.4 is 25.0 Å². The fraction of sp³-hybridized carbons (Fsp3) is 0.333. The van der Waals surface area contributed by atoms with Crippen molar-refractivity contribution >= 4 is 40.5 Å². The number of hydrogen-bond donors (Lipinski definition) is 2. The van der Waals surface area contributed by atoms with Crippen LogP contribution in [0.2, 0.25) is 5.02 Å². The number of nitrogens with zero attached hydrogens (tertiary/aromatic N) is 1. The summed E-state index contributed by atoms with van der Waals surface area (Å²) in [5.41, 5.74) is 2.14. The van der Waals surface area contributed by atoms with Crippen molar-refractivity contribution in [2.45, 2.75) is 19.8 Å². The third kappa shape index (κ3) is 4.56. The van der Waals surface area contributed by atoms with E-state index in [0.29, 0.717) is 33.5 Å². The van der Waals surface area contributed by atoms with E-state index in [1.165, 1.54) is 21.1 Å². The maximum absolute atomic E-state index is 13.0. The number of methoxy groups -OCH3 is 2. The van der Waals surface area contributed by atoms with Gasteiger partial charge in [-0.3, -0.25) is 9.59 Å². The summed E-state index contributed by atoms with van der Waals surface area (Å²) in [6.07, 6.45) is 2.18. The molecule has 1 aliphatic heterocycles. The van der Waals surface area contributed by atoms with Crippen molar-refractivity contribution in [1.29, 1.82) is 0 Å². The van der Waals surface area contributed by atoms with Crippen molar-refractivity contribution in [3.8, 4) is 11.5 Å². The number of anilines is 3. The van der Waals surface area contributed by atoms with Gasteiger partial charge in [0.2, 0.25) is 5.91 Å². The van der Waals surface area contributed by atoms with Crippen LogP contribution in [-0.2, 0) is 4.79 Å². The predicted octanol–water partition coefficient (Wildman–Crippen LogP) is 4.17. The summed E-state index contributed by atoms with van der Waals surface area (Å²) in [4.78, 5) is 26.7. The molecule has 0 saturated carbocycles. The Kier molecular flexibility index (Phi) is 6.49. The first-order chi connectivity index (χ1) is 13.9. The van der Waals surface area contributed by atoms with E-state index in [1.807, 2.05) is 12.1 Å². The molecule has 1 saturated heterocycles. The smallest absolute Gasteiger partial charge is 0.255 e. The number of halogens is 1. The normalized spacial score (nSPS) is 13.2. The number of carbonyl (C=O) groups excluding carboxylic acids is 2. The molecular weight excluding hydrogens is 394 g/mol. The molecule has 0 atom stereocenters. The maximum atomic E-state index is 13.0. The highest BCUT2D eigenvalue weighted by Crippen LogP contribution is 2.38. The molecule has 154 valence electrons. The van der Waals surface area contributed by atoms with Gasteiger partial charge in [0.15, 0.2) is 11.5 Å². The van der Waals surface area contributed by atoms with Crippen LogP contribution in [0.3, 0.4) is 0 Å². The third-order valence-corrected chi connectivity index (χ3v) is 5.01. The zero-order valence-corrected chi connectivity index (χ0v) is 17.4. The number of rotatable bonds is 6. The number of hydrogen-bond acceptors (Lipinski definition) is 5. The highest BCUT2D eigenvalue weighted by molar-refractivity contribution is 6.34. The van der Waals surface area contributed by atoms with Crippen molar-refractivity contribution in [2.24, 2.45) is 0 Å². The predicted molar refractivity (Wildman–Crippen MR) is 115 cm³/mol. The number of nitrogens with one attached hydrogen (secondary N) is 2. The molecule has 0 aromatic heterocycles. The number of benzene rings is 2. The average molecular weight is 418 g/mol. The Bertz CT molecular complexity index is 926. The van der Waals surface area contributed by atoms with Crippen molar-refractivity contribution in [3.05, 3.63) is 40.9 Å². The highest BCUT2D eigenvalue weighted by Gasteiger charge is 2.22. The van der Waals surface area contributed by atoms with Gasteiger partial charge in [0.1, 0.15) is 0 Å². The summed E-state index contributed by atoms with van der Waals surface area (Å²) in [6, 6.07) is 8.57. The molecule has 1 aliphatic rings. The van der Waals surface area contributed by atoms with Gasteiger partial charge >= 0.3 is 0 Å². The van der Waals surface area contributed by atoms with Crippen LogP contribution in [0.1, 0.15) is 30.1 Å². The second-order valence-corrected chi connectivity index (χ2v) is 7.13. The van der Waals surface area contributed by atoms with Gasteiger partial charge < -0.3 is 25.0 Å².